The fraction of sp³-hybridized carbons (Fsp3) is 0.667. The Morgan fingerprint density at radius 3 is 2.50 bits per heavy atom. The summed E-state index contributed by atoms with van der Waals surface area (Å²) in [7, 11) is 0. The molecule has 1 aliphatic heterocycles. The van der Waals surface area contributed by atoms with E-state index in [0.717, 1.165) is 44.5 Å². The van der Waals surface area contributed by atoms with Crippen LogP contribution >= 0.6 is 24.8 Å². The van der Waals surface area contributed by atoms with Gasteiger partial charge in [-0.25, -0.2) is 4.39 Å². The van der Waals surface area contributed by atoms with Gasteiger partial charge in [-0.1, -0.05) is 12.5 Å². The van der Waals surface area contributed by atoms with Gasteiger partial charge in [0, 0.05) is 36.8 Å². The number of rotatable bonds is 3. The highest BCUT2D eigenvalue weighted by atomic mass is 35.5. The number of hydrogen-bond acceptors (Lipinski definition) is 3. The summed E-state index contributed by atoms with van der Waals surface area (Å²) in [6.07, 6.45) is 7.53. The lowest BCUT2D eigenvalue weighted by Crippen LogP contribution is -2.52. The van der Waals surface area contributed by atoms with Crippen LogP contribution in [0.15, 0.2) is 24.3 Å². The van der Waals surface area contributed by atoms with Crippen molar-refractivity contribution in [2.75, 3.05) is 18.0 Å². The van der Waals surface area contributed by atoms with Crippen molar-refractivity contribution in [3.63, 3.8) is 0 Å². The molecular formula is C21H32Cl2FN3O. The van der Waals surface area contributed by atoms with Crippen LogP contribution in [0.5, 0.6) is 0 Å². The number of piperidine rings is 1. The Labute approximate surface area is 179 Å². The summed E-state index contributed by atoms with van der Waals surface area (Å²) in [4.78, 5) is 15.1. The molecule has 2 saturated carbocycles. The molecule has 158 valence electrons. The van der Waals surface area contributed by atoms with Gasteiger partial charge in [0.15, 0.2) is 0 Å². The van der Waals surface area contributed by atoms with Crippen molar-refractivity contribution in [2.24, 2.45) is 23.5 Å². The summed E-state index contributed by atoms with van der Waals surface area (Å²) in [5.74, 6) is 1.16. The lowest BCUT2D eigenvalue weighted by atomic mass is 9.65. The van der Waals surface area contributed by atoms with Crippen molar-refractivity contribution < 1.29 is 9.18 Å². The van der Waals surface area contributed by atoms with E-state index in [4.69, 9.17) is 5.73 Å². The number of nitrogens with one attached hydrogen (secondary N) is 1. The van der Waals surface area contributed by atoms with E-state index in [-0.39, 0.29) is 48.5 Å². The van der Waals surface area contributed by atoms with Crippen LogP contribution in [0.1, 0.15) is 44.9 Å². The Hall–Kier alpha value is -1.04. The second kappa shape index (κ2) is 10.1. The van der Waals surface area contributed by atoms with E-state index in [0.29, 0.717) is 17.9 Å². The molecule has 2 aliphatic carbocycles. The molecule has 4 rings (SSSR count). The fourth-order valence-corrected chi connectivity index (χ4v) is 5.32. The van der Waals surface area contributed by atoms with Crippen molar-refractivity contribution in [3.05, 3.63) is 30.1 Å². The highest BCUT2D eigenvalue weighted by Gasteiger charge is 2.41. The largest absolute Gasteiger partial charge is 0.369 e. The average molecular weight is 432 g/mol. The van der Waals surface area contributed by atoms with Gasteiger partial charge in [-0.2, -0.15) is 0 Å². The molecule has 3 unspecified atom stereocenters. The Kier molecular flexibility index (Phi) is 8.41. The SMILES string of the molecule is Cl.Cl.NC1C2CCCC1CC(C(=O)NC1CCCN(c3cccc(F)c3)C1)C2. The van der Waals surface area contributed by atoms with Crippen LogP contribution in [0.3, 0.4) is 0 Å². The van der Waals surface area contributed by atoms with Crippen molar-refractivity contribution in [2.45, 2.75) is 57.0 Å². The Balaban J connectivity index is 0.00000140. The third kappa shape index (κ3) is 5.11. The van der Waals surface area contributed by atoms with Crippen LogP contribution in [0.25, 0.3) is 0 Å². The van der Waals surface area contributed by atoms with Crippen molar-refractivity contribution in [1.29, 1.82) is 0 Å². The zero-order valence-corrected chi connectivity index (χ0v) is 17.8. The highest BCUT2D eigenvalue weighted by Crippen LogP contribution is 2.42. The smallest absolute Gasteiger partial charge is 0.223 e. The number of carbonyl (C=O) groups is 1. The molecule has 2 bridgehead atoms. The Morgan fingerprint density at radius 1 is 1.11 bits per heavy atom. The van der Waals surface area contributed by atoms with Gasteiger partial charge < -0.3 is 16.0 Å². The number of amides is 1. The Morgan fingerprint density at radius 2 is 1.82 bits per heavy atom. The zero-order chi connectivity index (χ0) is 18.1. The van der Waals surface area contributed by atoms with Gasteiger partial charge in [-0.05, 0) is 68.6 Å². The monoisotopic (exact) mass is 431 g/mol. The average Bonchev–Trinajstić information content (AvgIpc) is 2.61. The lowest BCUT2D eigenvalue weighted by molar-refractivity contribution is -0.128. The van der Waals surface area contributed by atoms with E-state index in [1.807, 2.05) is 6.07 Å². The maximum atomic E-state index is 13.5. The maximum absolute atomic E-state index is 13.5. The second-order valence-corrected chi connectivity index (χ2v) is 8.47. The molecule has 1 saturated heterocycles. The van der Waals surface area contributed by atoms with Crippen LogP contribution in [0.2, 0.25) is 0 Å². The molecule has 1 amide bonds. The summed E-state index contributed by atoms with van der Waals surface area (Å²) in [6.45, 7) is 1.67. The molecule has 1 aromatic rings. The van der Waals surface area contributed by atoms with Gasteiger partial charge in [0.2, 0.25) is 5.91 Å². The second-order valence-electron chi connectivity index (χ2n) is 8.47. The molecule has 3 aliphatic rings. The van der Waals surface area contributed by atoms with Gasteiger partial charge in [0.25, 0.3) is 0 Å². The topological polar surface area (TPSA) is 58.4 Å². The normalized spacial score (nSPS) is 31.9. The molecule has 3 atom stereocenters. The molecule has 4 nitrogen and oxygen atoms in total. The molecule has 3 fully saturated rings. The number of hydrogen-bond donors (Lipinski definition) is 2. The lowest BCUT2D eigenvalue weighted by Gasteiger charge is -2.44. The summed E-state index contributed by atoms with van der Waals surface area (Å²) in [5.41, 5.74) is 7.26. The van der Waals surface area contributed by atoms with Crippen molar-refractivity contribution in [3.8, 4) is 0 Å². The van der Waals surface area contributed by atoms with Crippen molar-refractivity contribution >= 4 is 36.4 Å². The predicted octanol–water partition coefficient (Wildman–Crippen LogP) is 3.91. The summed E-state index contributed by atoms with van der Waals surface area (Å²) < 4.78 is 13.5. The van der Waals surface area contributed by atoms with E-state index >= 15 is 0 Å². The number of fused-ring (bicyclic) bond motifs is 2. The van der Waals surface area contributed by atoms with E-state index < -0.39 is 0 Å². The molecule has 1 aromatic carbocycles. The van der Waals surface area contributed by atoms with Gasteiger partial charge >= 0.3 is 0 Å². The Bertz CT molecular complexity index is 648. The number of anilines is 1. The number of nitrogens with two attached hydrogens (primary N) is 1. The molecule has 1 heterocycles. The number of benzene rings is 1. The van der Waals surface area contributed by atoms with Crippen LogP contribution in [-0.2, 0) is 4.79 Å². The summed E-state index contributed by atoms with van der Waals surface area (Å²) >= 11 is 0. The summed E-state index contributed by atoms with van der Waals surface area (Å²) in [6, 6.07) is 7.18. The molecule has 0 radical (unpaired) electrons. The number of nitrogens with zero attached hydrogens (tertiary/aromatic N) is 1. The van der Waals surface area contributed by atoms with E-state index in [9.17, 15) is 9.18 Å². The van der Waals surface area contributed by atoms with Crippen LogP contribution in [-0.4, -0.2) is 31.1 Å². The van der Waals surface area contributed by atoms with Crippen molar-refractivity contribution in [1.82, 2.24) is 5.32 Å². The van der Waals surface area contributed by atoms with Crippen LogP contribution < -0.4 is 16.0 Å². The van der Waals surface area contributed by atoms with E-state index in [2.05, 4.69) is 10.2 Å². The minimum atomic E-state index is -0.209. The van der Waals surface area contributed by atoms with E-state index in [1.54, 1.807) is 12.1 Å². The van der Waals surface area contributed by atoms with E-state index in [1.165, 1.54) is 25.3 Å². The first-order valence-corrected chi connectivity index (χ1v) is 10.2. The maximum Gasteiger partial charge on any atom is 0.223 e. The highest BCUT2D eigenvalue weighted by molar-refractivity contribution is 5.85. The first-order chi connectivity index (χ1) is 12.6. The van der Waals surface area contributed by atoms with Gasteiger partial charge in [0.05, 0.1) is 0 Å². The number of halogens is 3. The van der Waals surface area contributed by atoms with Gasteiger partial charge in [-0.15, -0.1) is 24.8 Å². The fourth-order valence-electron chi connectivity index (χ4n) is 5.32. The molecule has 0 aromatic heterocycles. The molecule has 3 N–H and O–H groups in total. The molecule has 0 spiro atoms. The predicted molar refractivity (Wildman–Crippen MR) is 116 cm³/mol. The quantitative estimate of drug-likeness (QED) is 0.762. The third-order valence-corrected chi connectivity index (χ3v) is 6.72. The molecular weight excluding hydrogens is 400 g/mol. The first-order valence-electron chi connectivity index (χ1n) is 10.2. The standard InChI is InChI=1S/C21H30FN3O.2ClH/c22-17-6-2-8-19(12-17)25-9-3-7-18(13-25)24-21(26)16-10-14-4-1-5-15(11-16)20(14)23;;/h2,6,8,12,14-16,18,20H,1,3-5,7,9-11,13,23H2,(H,24,26);2*1H. The molecule has 28 heavy (non-hydrogen) atoms. The summed E-state index contributed by atoms with van der Waals surface area (Å²) in [5, 5.41) is 3.29. The van der Waals surface area contributed by atoms with Crippen LogP contribution in [0, 0.1) is 23.6 Å². The first kappa shape index (κ1) is 23.2. The minimum Gasteiger partial charge on any atom is -0.369 e. The molecule has 7 heteroatoms. The minimum absolute atomic E-state index is 0. The third-order valence-electron chi connectivity index (χ3n) is 6.72. The van der Waals surface area contributed by atoms with Gasteiger partial charge in [0.1, 0.15) is 5.82 Å². The number of carbonyl (C=O) groups excluding carboxylic acids is 1. The zero-order valence-electron chi connectivity index (χ0n) is 16.2. The van der Waals surface area contributed by atoms with Gasteiger partial charge in [-0.3, -0.25) is 4.79 Å². The van der Waals surface area contributed by atoms with Crippen LogP contribution in [0.4, 0.5) is 10.1 Å².